The van der Waals surface area contributed by atoms with Crippen molar-refractivity contribution in [3.63, 3.8) is 0 Å². The Morgan fingerprint density at radius 1 is 1.22 bits per heavy atom. The fourth-order valence-electron chi connectivity index (χ4n) is 2.50. The number of aromatic nitrogens is 3. The van der Waals surface area contributed by atoms with Crippen molar-refractivity contribution in [1.82, 2.24) is 14.9 Å². The number of nitrogens with two attached hydrogens (primary N) is 1. The van der Waals surface area contributed by atoms with Gasteiger partial charge in [-0.3, -0.25) is 4.79 Å². The van der Waals surface area contributed by atoms with Crippen LogP contribution in [0.5, 0.6) is 0 Å². The van der Waals surface area contributed by atoms with Crippen molar-refractivity contribution in [1.29, 1.82) is 0 Å². The number of anilines is 1. The summed E-state index contributed by atoms with van der Waals surface area (Å²) in [5, 5.41) is 11.1. The molecule has 0 saturated heterocycles. The Balaban J connectivity index is 1.65. The number of rotatable bonds is 6. The number of thioether (sulfide) groups is 1. The molecule has 1 amide bonds. The van der Waals surface area contributed by atoms with Crippen molar-refractivity contribution in [2.45, 2.75) is 24.9 Å². The van der Waals surface area contributed by atoms with Gasteiger partial charge in [-0.1, -0.05) is 49.9 Å². The minimum Gasteiger partial charge on any atom is -0.335 e. The standard InChI is InChI=1S/C19H20FN5OS/c1-12(2)13-6-5-7-14(10-13)22-17(26)11-27-19-24-23-18(25(19)21)15-8-3-4-9-16(15)20/h3-10,12H,11,21H2,1-2H3,(H,22,26). The Morgan fingerprint density at radius 2 is 2.00 bits per heavy atom. The minimum atomic E-state index is -0.434. The Kier molecular flexibility index (Phi) is 5.75. The van der Waals surface area contributed by atoms with Gasteiger partial charge in [-0.25, -0.2) is 9.07 Å². The highest BCUT2D eigenvalue weighted by atomic mass is 32.2. The van der Waals surface area contributed by atoms with E-state index in [2.05, 4.69) is 29.4 Å². The molecule has 0 saturated carbocycles. The van der Waals surface area contributed by atoms with E-state index < -0.39 is 5.82 Å². The molecule has 0 aliphatic heterocycles. The first-order chi connectivity index (χ1) is 13.0. The van der Waals surface area contributed by atoms with E-state index in [0.29, 0.717) is 11.1 Å². The van der Waals surface area contributed by atoms with Crippen LogP contribution in [0.2, 0.25) is 0 Å². The second kappa shape index (κ2) is 8.22. The zero-order chi connectivity index (χ0) is 19.4. The van der Waals surface area contributed by atoms with E-state index in [1.165, 1.54) is 10.7 Å². The van der Waals surface area contributed by atoms with Crippen molar-refractivity contribution in [2.75, 3.05) is 16.9 Å². The molecule has 0 fully saturated rings. The largest absolute Gasteiger partial charge is 0.335 e. The molecule has 140 valence electrons. The fraction of sp³-hybridized carbons (Fsp3) is 0.211. The lowest BCUT2D eigenvalue weighted by Crippen LogP contribution is -2.16. The van der Waals surface area contributed by atoms with Crippen LogP contribution >= 0.6 is 11.8 Å². The van der Waals surface area contributed by atoms with E-state index in [1.54, 1.807) is 18.2 Å². The van der Waals surface area contributed by atoms with Crippen molar-refractivity contribution in [3.8, 4) is 11.4 Å². The third kappa shape index (κ3) is 4.46. The van der Waals surface area contributed by atoms with E-state index in [0.717, 1.165) is 23.0 Å². The molecule has 0 unspecified atom stereocenters. The number of benzene rings is 2. The van der Waals surface area contributed by atoms with Crippen LogP contribution in [0.25, 0.3) is 11.4 Å². The third-order valence-corrected chi connectivity index (χ3v) is 4.89. The summed E-state index contributed by atoms with van der Waals surface area (Å²) < 4.78 is 15.1. The first-order valence-electron chi connectivity index (χ1n) is 8.43. The summed E-state index contributed by atoms with van der Waals surface area (Å²) in [4.78, 5) is 12.2. The zero-order valence-corrected chi connectivity index (χ0v) is 15.8. The van der Waals surface area contributed by atoms with Crippen LogP contribution in [0.3, 0.4) is 0 Å². The molecule has 0 spiro atoms. The Labute approximate surface area is 161 Å². The third-order valence-electron chi connectivity index (χ3n) is 3.95. The quantitative estimate of drug-likeness (QED) is 0.500. The topological polar surface area (TPSA) is 85.8 Å². The molecule has 0 aliphatic carbocycles. The maximum atomic E-state index is 13.9. The summed E-state index contributed by atoms with van der Waals surface area (Å²) in [6.45, 7) is 4.19. The van der Waals surface area contributed by atoms with Gasteiger partial charge in [-0.05, 0) is 35.7 Å². The summed E-state index contributed by atoms with van der Waals surface area (Å²) in [5.74, 6) is 6.05. The van der Waals surface area contributed by atoms with Crippen molar-refractivity contribution < 1.29 is 9.18 Å². The summed E-state index contributed by atoms with van der Waals surface area (Å²) in [5.41, 5.74) is 2.15. The summed E-state index contributed by atoms with van der Waals surface area (Å²) in [7, 11) is 0. The first-order valence-corrected chi connectivity index (χ1v) is 9.42. The molecular weight excluding hydrogens is 365 g/mol. The monoisotopic (exact) mass is 385 g/mol. The van der Waals surface area contributed by atoms with Crippen LogP contribution in [0.1, 0.15) is 25.3 Å². The fourth-order valence-corrected chi connectivity index (χ4v) is 3.16. The van der Waals surface area contributed by atoms with Gasteiger partial charge in [0.25, 0.3) is 0 Å². The van der Waals surface area contributed by atoms with Gasteiger partial charge in [-0.2, -0.15) is 0 Å². The van der Waals surface area contributed by atoms with Gasteiger partial charge >= 0.3 is 0 Å². The maximum Gasteiger partial charge on any atom is 0.234 e. The number of nitrogen functional groups attached to an aromatic ring is 1. The lowest BCUT2D eigenvalue weighted by atomic mass is 10.0. The van der Waals surface area contributed by atoms with Crippen molar-refractivity contribution in [2.24, 2.45) is 0 Å². The molecule has 27 heavy (non-hydrogen) atoms. The van der Waals surface area contributed by atoms with Crippen LogP contribution in [-0.4, -0.2) is 26.5 Å². The van der Waals surface area contributed by atoms with Gasteiger partial charge in [0.15, 0.2) is 5.82 Å². The van der Waals surface area contributed by atoms with E-state index in [9.17, 15) is 9.18 Å². The molecule has 3 N–H and O–H groups in total. The average Bonchev–Trinajstić information content (AvgIpc) is 3.01. The highest BCUT2D eigenvalue weighted by molar-refractivity contribution is 7.99. The number of nitrogens with one attached hydrogen (secondary N) is 1. The van der Waals surface area contributed by atoms with Gasteiger partial charge in [-0.15, -0.1) is 10.2 Å². The van der Waals surface area contributed by atoms with Crippen molar-refractivity contribution >= 4 is 23.4 Å². The molecule has 0 radical (unpaired) electrons. The maximum absolute atomic E-state index is 13.9. The Morgan fingerprint density at radius 3 is 2.74 bits per heavy atom. The van der Waals surface area contributed by atoms with Crippen LogP contribution in [-0.2, 0) is 4.79 Å². The molecule has 3 rings (SSSR count). The van der Waals surface area contributed by atoms with Gasteiger partial charge in [0.1, 0.15) is 5.82 Å². The Bertz CT molecular complexity index is 957. The number of carbonyl (C=O) groups excluding carboxylic acids is 1. The van der Waals surface area contributed by atoms with Crippen LogP contribution < -0.4 is 11.2 Å². The second-order valence-electron chi connectivity index (χ2n) is 6.27. The molecule has 2 aromatic carbocycles. The number of nitrogens with zero attached hydrogens (tertiary/aromatic N) is 3. The molecule has 0 atom stereocenters. The number of hydrogen-bond donors (Lipinski definition) is 2. The minimum absolute atomic E-state index is 0.110. The molecule has 0 aliphatic rings. The predicted octanol–water partition coefficient (Wildman–Crippen LogP) is 3.65. The van der Waals surface area contributed by atoms with E-state index in [-0.39, 0.29) is 23.0 Å². The van der Waals surface area contributed by atoms with Gasteiger partial charge in [0.2, 0.25) is 11.1 Å². The number of hydrogen-bond acceptors (Lipinski definition) is 5. The summed E-state index contributed by atoms with van der Waals surface area (Å²) in [6, 6.07) is 13.9. The predicted molar refractivity (Wildman–Crippen MR) is 105 cm³/mol. The van der Waals surface area contributed by atoms with E-state index in [4.69, 9.17) is 5.84 Å². The number of carbonyl (C=O) groups is 1. The Hall–Kier alpha value is -2.87. The molecule has 0 bridgehead atoms. The summed E-state index contributed by atoms with van der Waals surface area (Å²) in [6.07, 6.45) is 0. The second-order valence-corrected chi connectivity index (χ2v) is 7.22. The lowest BCUT2D eigenvalue weighted by molar-refractivity contribution is -0.113. The smallest absolute Gasteiger partial charge is 0.234 e. The normalized spacial score (nSPS) is 11.0. The molecule has 3 aromatic rings. The van der Waals surface area contributed by atoms with Crippen molar-refractivity contribution in [3.05, 3.63) is 59.9 Å². The first kappa shape index (κ1) is 18.9. The average molecular weight is 385 g/mol. The molecular formula is C19H20FN5OS. The van der Waals surface area contributed by atoms with Crippen LogP contribution in [0.4, 0.5) is 10.1 Å². The lowest BCUT2D eigenvalue weighted by Gasteiger charge is -2.09. The molecule has 6 nitrogen and oxygen atoms in total. The van der Waals surface area contributed by atoms with Gasteiger partial charge in [0.05, 0.1) is 11.3 Å². The van der Waals surface area contributed by atoms with Gasteiger partial charge in [0, 0.05) is 5.69 Å². The van der Waals surface area contributed by atoms with Gasteiger partial charge < -0.3 is 11.2 Å². The van der Waals surface area contributed by atoms with Crippen LogP contribution in [0.15, 0.2) is 53.7 Å². The molecule has 1 aromatic heterocycles. The highest BCUT2D eigenvalue weighted by Gasteiger charge is 2.16. The highest BCUT2D eigenvalue weighted by Crippen LogP contribution is 2.24. The van der Waals surface area contributed by atoms with Crippen LogP contribution in [0, 0.1) is 5.82 Å². The van der Waals surface area contributed by atoms with E-state index in [1.807, 2.05) is 24.3 Å². The SMILES string of the molecule is CC(C)c1cccc(NC(=O)CSc2nnc(-c3ccccc3F)n2N)c1. The molecule has 8 heteroatoms. The number of amides is 1. The van der Waals surface area contributed by atoms with E-state index >= 15 is 0 Å². The zero-order valence-electron chi connectivity index (χ0n) is 15.0. The molecule has 1 heterocycles. The number of halogens is 1. The summed E-state index contributed by atoms with van der Waals surface area (Å²) >= 11 is 1.14.